The maximum Gasteiger partial charge on any atom is 0.289 e. The van der Waals surface area contributed by atoms with Gasteiger partial charge < -0.3 is 24.3 Å². The first-order valence-electron chi connectivity index (χ1n) is 9.63. The Morgan fingerprint density at radius 2 is 2.07 bits per heavy atom. The van der Waals surface area contributed by atoms with E-state index in [1.807, 2.05) is 6.07 Å². The highest BCUT2D eigenvalue weighted by Crippen LogP contribution is 2.18. The number of amides is 2. The fourth-order valence-electron chi connectivity index (χ4n) is 3.56. The Bertz CT molecular complexity index is 809. The molecule has 2 aliphatic heterocycles. The Hall–Kier alpha value is -2.87. The minimum atomic E-state index is -0.142. The molecular formula is C20H24N4O4. The van der Waals surface area contributed by atoms with E-state index < -0.39 is 0 Å². The molecule has 2 fully saturated rings. The monoisotopic (exact) mass is 384 g/mol. The first kappa shape index (κ1) is 18.5. The van der Waals surface area contributed by atoms with Crippen LogP contribution in [-0.2, 0) is 4.74 Å². The molecule has 28 heavy (non-hydrogen) atoms. The van der Waals surface area contributed by atoms with E-state index in [2.05, 4.69) is 15.2 Å². The van der Waals surface area contributed by atoms with Crippen LogP contribution in [-0.4, -0.2) is 67.1 Å². The lowest BCUT2D eigenvalue weighted by atomic mass is 10.2. The van der Waals surface area contributed by atoms with Crippen LogP contribution in [0, 0.1) is 0 Å². The predicted molar refractivity (Wildman–Crippen MR) is 102 cm³/mol. The van der Waals surface area contributed by atoms with Gasteiger partial charge in [-0.15, -0.1) is 0 Å². The van der Waals surface area contributed by atoms with Gasteiger partial charge in [0.15, 0.2) is 5.76 Å². The highest BCUT2D eigenvalue weighted by Gasteiger charge is 2.24. The summed E-state index contributed by atoms with van der Waals surface area (Å²) >= 11 is 0. The number of nitrogens with zero attached hydrogens (tertiary/aromatic N) is 3. The van der Waals surface area contributed by atoms with Crippen LogP contribution in [0.15, 0.2) is 41.3 Å². The van der Waals surface area contributed by atoms with Gasteiger partial charge in [-0.3, -0.25) is 14.6 Å². The van der Waals surface area contributed by atoms with Crippen molar-refractivity contribution in [1.29, 1.82) is 0 Å². The van der Waals surface area contributed by atoms with Crippen LogP contribution >= 0.6 is 0 Å². The first-order chi connectivity index (χ1) is 13.7. The fraction of sp³-hybridized carbons (Fsp3) is 0.450. The van der Waals surface area contributed by atoms with Gasteiger partial charge in [-0.1, -0.05) is 0 Å². The quantitative estimate of drug-likeness (QED) is 0.842. The molecule has 2 aliphatic rings. The minimum Gasteiger partial charge on any atom is -0.459 e. The molecule has 1 atom stereocenters. The average Bonchev–Trinajstić information content (AvgIpc) is 3.46. The maximum absolute atomic E-state index is 12.4. The second-order valence-corrected chi connectivity index (χ2v) is 7.03. The van der Waals surface area contributed by atoms with Gasteiger partial charge >= 0.3 is 0 Å². The Balaban J connectivity index is 1.33. The van der Waals surface area contributed by atoms with Crippen LogP contribution in [0.3, 0.4) is 0 Å². The molecule has 0 spiro atoms. The molecule has 2 amide bonds. The molecule has 0 bridgehead atoms. The summed E-state index contributed by atoms with van der Waals surface area (Å²) in [6, 6.07) is 5.24. The Labute approximate surface area is 163 Å². The number of aromatic nitrogens is 1. The lowest BCUT2D eigenvalue weighted by molar-refractivity contribution is 0.0714. The van der Waals surface area contributed by atoms with Crippen molar-refractivity contribution in [1.82, 2.24) is 15.2 Å². The number of rotatable bonds is 5. The van der Waals surface area contributed by atoms with E-state index in [0.717, 1.165) is 25.1 Å². The predicted octanol–water partition coefficient (Wildman–Crippen LogP) is 1.55. The lowest BCUT2D eigenvalue weighted by Crippen LogP contribution is -2.48. The summed E-state index contributed by atoms with van der Waals surface area (Å²) in [5, 5.41) is 2.92. The third-order valence-electron chi connectivity index (χ3n) is 5.16. The first-order valence-corrected chi connectivity index (χ1v) is 9.63. The van der Waals surface area contributed by atoms with Gasteiger partial charge in [0.25, 0.3) is 11.8 Å². The van der Waals surface area contributed by atoms with Crippen molar-refractivity contribution >= 4 is 17.5 Å². The van der Waals surface area contributed by atoms with Crippen LogP contribution in [0.4, 0.5) is 5.69 Å². The molecule has 4 rings (SSSR count). The molecule has 2 aromatic rings. The number of anilines is 1. The van der Waals surface area contributed by atoms with Gasteiger partial charge in [-0.05, 0) is 31.0 Å². The summed E-state index contributed by atoms with van der Waals surface area (Å²) in [7, 11) is 0. The van der Waals surface area contributed by atoms with Crippen LogP contribution < -0.4 is 10.2 Å². The smallest absolute Gasteiger partial charge is 0.289 e. The molecule has 148 valence electrons. The summed E-state index contributed by atoms with van der Waals surface area (Å²) in [6.07, 6.45) is 6.97. The van der Waals surface area contributed by atoms with Gasteiger partial charge in [0.1, 0.15) is 0 Å². The van der Waals surface area contributed by atoms with Gasteiger partial charge in [-0.25, -0.2) is 0 Å². The number of carbonyl (C=O) groups is 2. The molecule has 8 heteroatoms. The standard InChI is InChI=1S/C20H24N4O4/c25-19(22-14-17-3-1-9-27-17)15-11-16(13-21-12-15)23-5-7-24(8-6-23)20(26)18-4-2-10-28-18/h2,4,10-13,17H,1,3,5-9,14H2,(H,22,25). The topological polar surface area (TPSA) is 87.9 Å². The van der Waals surface area contributed by atoms with Gasteiger partial charge in [0.05, 0.1) is 29.8 Å². The zero-order valence-corrected chi connectivity index (χ0v) is 15.7. The second kappa shape index (κ2) is 8.43. The van der Waals surface area contributed by atoms with Gasteiger partial charge in [-0.2, -0.15) is 0 Å². The lowest BCUT2D eigenvalue weighted by Gasteiger charge is -2.35. The molecule has 0 aromatic carbocycles. The Morgan fingerprint density at radius 3 is 2.79 bits per heavy atom. The number of ether oxygens (including phenoxy) is 1. The molecule has 1 N–H and O–H groups in total. The van der Waals surface area contributed by atoms with Crippen molar-refractivity contribution in [3.05, 3.63) is 48.2 Å². The summed E-state index contributed by atoms with van der Waals surface area (Å²) < 4.78 is 10.7. The number of hydrogen-bond acceptors (Lipinski definition) is 6. The number of nitrogens with one attached hydrogen (secondary N) is 1. The van der Waals surface area contributed by atoms with Crippen molar-refractivity contribution in [3.8, 4) is 0 Å². The maximum atomic E-state index is 12.4. The van der Waals surface area contributed by atoms with E-state index in [9.17, 15) is 9.59 Å². The third-order valence-corrected chi connectivity index (χ3v) is 5.16. The molecule has 1 unspecified atom stereocenters. The molecule has 4 heterocycles. The van der Waals surface area contributed by atoms with Crippen molar-refractivity contribution in [2.75, 3.05) is 44.2 Å². The van der Waals surface area contributed by atoms with Crippen LogP contribution in [0.5, 0.6) is 0 Å². The Morgan fingerprint density at radius 1 is 1.21 bits per heavy atom. The SMILES string of the molecule is O=C(NCC1CCCO1)c1cncc(N2CCN(C(=O)c3ccco3)CC2)c1. The summed E-state index contributed by atoms with van der Waals surface area (Å²) in [6.45, 7) is 3.83. The summed E-state index contributed by atoms with van der Waals surface area (Å²) in [5.74, 6) is 0.126. The normalized spacial score (nSPS) is 19.6. The number of hydrogen-bond donors (Lipinski definition) is 1. The highest BCUT2D eigenvalue weighted by molar-refractivity contribution is 5.94. The molecular weight excluding hydrogens is 360 g/mol. The Kier molecular flexibility index (Phi) is 5.57. The number of furan rings is 1. The number of piperazine rings is 1. The van der Waals surface area contributed by atoms with E-state index in [-0.39, 0.29) is 17.9 Å². The van der Waals surface area contributed by atoms with Crippen molar-refractivity contribution < 1.29 is 18.7 Å². The molecule has 0 radical (unpaired) electrons. The zero-order valence-electron chi connectivity index (χ0n) is 15.7. The van der Waals surface area contributed by atoms with E-state index in [0.29, 0.717) is 44.0 Å². The van der Waals surface area contributed by atoms with E-state index >= 15 is 0 Å². The van der Waals surface area contributed by atoms with Crippen LogP contribution in [0.25, 0.3) is 0 Å². The van der Waals surface area contributed by atoms with Crippen LogP contribution in [0.1, 0.15) is 33.8 Å². The van der Waals surface area contributed by atoms with E-state index in [4.69, 9.17) is 9.15 Å². The van der Waals surface area contributed by atoms with Crippen molar-refractivity contribution in [2.24, 2.45) is 0 Å². The largest absolute Gasteiger partial charge is 0.459 e. The molecule has 2 aromatic heterocycles. The average molecular weight is 384 g/mol. The molecule has 0 aliphatic carbocycles. The van der Waals surface area contributed by atoms with E-state index in [1.54, 1.807) is 29.4 Å². The fourth-order valence-corrected chi connectivity index (χ4v) is 3.56. The molecule has 2 saturated heterocycles. The number of pyridine rings is 1. The number of carbonyl (C=O) groups excluding carboxylic acids is 2. The highest BCUT2D eigenvalue weighted by atomic mass is 16.5. The van der Waals surface area contributed by atoms with Crippen LogP contribution in [0.2, 0.25) is 0 Å². The van der Waals surface area contributed by atoms with Crippen molar-refractivity contribution in [3.63, 3.8) is 0 Å². The molecule has 0 saturated carbocycles. The van der Waals surface area contributed by atoms with Crippen molar-refractivity contribution in [2.45, 2.75) is 18.9 Å². The van der Waals surface area contributed by atoms with Gasteiger partial charge in [0.2, 0.25) is 0 Å². The minimum absolute atomic E-state index is 0.0926. The summed E-state index contributed by atoms with van der Waals surface area (Å²) in [5.41, 5.74) is 1.42. The zero-order chi connectivity index (χ0) is 19.3. The molecule has 8 nitrogen and oxygen atoms in total. The van der Waals surface area contributed by atoms with Gasteiger partial charge in [0, 0.05) is 45.5 Å². The second-order valence-electron chi connectivity index (χ2n) is 7.03. The van der Waals surface area contributed by atoms with E-state index in [1.165, 1.54) is 6.26 Å². The third kappa shape index (κ3) is 4.17. The summed E-state index contributed by atoms with van der Waals surface area (Å²) in [4.78, 5) is 32.9.